The molecule has 0 aliphatic carbocycles. The summed E-state index contributed by atoms with van der Waals surface area (Å²) < 4.78 is 5.47. The number of carbonyl (C=O) groups is 2. The first kappa shape index (κ1) is 19.8. The van der Waals surface area contributed by atoms with Gasteiger partial charge in [0.2, 0.25) is 0 Å². The van der Waals surface area contributed by atoms with Crippen molar-refractivity contribution in [1.29, 1.82) is 0 Å². The van der Waals surface area contributed by atoms with E-state index < -0.39 is 11.0 Å². The molecule has 156 valence electrons. The average molecular weight is 411 g/mol. The molecule has 2 fully saturated rings. The minimum absolute atomic E-state index is 0.0507. The van der Waals surface area contributed by atoms with Crippen LogP contribution in [0, 0.1) is 10.1 Å². The van der Waals surface area contributed by atoms with E-state index in [0.29, 0.717) is 31.7 Å². The second-order valence-corrected chi connectivity index (χ2v) is 7.27. The van der Waals surface area contributed by atoms with Gasteiger partial charge in [-0.3, -0.25) is 19.7 Å². The Hall–Kier alpha value is -3.46. The number of fused-ring (bicyclic) bond motifs is 2. The molecule has 0 radical (unpaired) electrons. The Balaban J connectivity index is 1.33. The van der Waals surface area contributed by atoms with E-state index in [9.17, 15) is 19.7 Å². The van der Waals surface area contributed by atoms with Crippen LogP contribution in [-0.4, -0.2) is 51.9 Å². The number of hydrogen-bond acceptors (Lipinski definition) is 6. The van der Waals surface area contributed by atoms with Crippen molar-refractivity contribution in [2.24, 2.45) is 0 Å². The number of non-ortho nitro benzene ring substituents is 1. The van der Waals surface area contributed by atoms with E-state index in [-0.39, 0.29) is 30.2 Å². The van der Waals surface area contributed by atoms with Crippen LogP contribution in [0.1, 0.15) is 18.4 Å². The summed E-state index contributed by atoms with van der Waals surface area (Å²) in [6.45, 7) is 0.530. The van der Waals surface area contributed by atoms with Crippen molar-refractivity contribution in [1.82, 2.24) is 9.96 Å². The van der Waals surface area contributed by atoms with Crippen molar-refractivity contribution in [2.75, 3.05) is 13.2 Å². The van der Waals surface area contributed by atoms with Gasteiger partial charge >= 0.3 is 6.03 Å². The number of nitro groups is 1. The number of rotatable bonds is 8. The van der Waals surface area contributed by atoms with E-state index >= 15 is 0 Å². The maximum atomic E-state index is 12.8. The topological polar surface area (TPSA) is 102 Å². The molecule has 0 N–H and O–H groups in total. The van der Waals surface area contributed by atoms with Crippen LogP contribution in [0.3, 0.4) is 0 Å². The predicted octanol–water partition coefficient (Wildman–Crippen LogP) is 2.94. The Morgan fingerprint density at radius 3 is 2.53 bits per heavy atom. The van der Waals surface area contributed by atoms with E-state index in [1.165, 1.54) is 29.3 Å². The Morgan fingerprint density at radius 2 is 1.83 bits per heavy atom. The third-order valence-corrected chi connectivity index (χ3v) is 5.34. The van der Waals surface area contributed by atoms with Gasteiger partial charge in [0.15, 0.2) is 5.78 Å². The molecule has 9 nitrogen and oxygen atoms in total. The van der Waals surface area contributed by atoms with Gasteiger partial charge in [-0.15, -0.1) is 0 Å². The summed E-state index contributed by atoms with van der Waals surface area (Å²) in [7, 11) is 0. The highest BCUT2D eigenvalue weighted by Gasteiger charge is 2.47. The highest BCUT2D eigenvalue weighted by Crippen LogP contribution is 2.31. The van der Waals surface area contributed by atoms with Gasteiger partial charge in [-0.05, 0) is 30.5 Å². The Morgan fingerprint density at radius 1 is 1.10 bits per heavy atom. The SMILES string of the molecule is O=C(COc1ccc([N+](=O)[O-])cc1)[C@@H]1CC[C@@H]2CN1C(=O)N2OCc1ccccc1. The lowest BCUT2D eigenvalue weighted by molar-refractivity contribution is -0.384. The Kier molecular flexibility index (Phi) is 5.62. The molecule has 0 unspecified atom stereocenters. The normalized spacial score (nSPS) is 20.3. The number of ketones is 1. The quantitative estimate of drug-likeness (QED) is 0.489. The molecule has 2 bridgehead atoms. The largest absolute Gasteiger partial charge is 0.486 e. The molecule has 4 rings (SSSR count). The number of ether oxygens (including phenoxy) is 1. The highest BCUT2D eigenvalue weighted by atomic mass is 16.7. The van der Waals surface area contributed by atoms with Crippen LogP contribution in [0.2, 0.25) is 0 Å². The fourth-order valence-corrected chi connectivity index (χ4v) is 3.77. The van der Waals surface area contributed by atoms with Gasteiger partial charge in [-0.2, -0.15) is 5.06 Å². The van der Waals surface area contributed by atoms with Crippen molar-refractivity contribution < 1.29 is 24.1 Å². The fraction of sp³-hybridized carbons (Fsp3) is 0.333. The van der Waals surface area contributed by atoms with Crippen molar-refractivity contribution in [3.8, 4) is 5.75 Å². The summed E-state index contributed by atoms with van der Waals surface area (Å²) in [4.78, 5) is 42.9. The molecule has 2 aliphatic heterocycles. The molecule has 2 aromatic rings. The molecule has 9 heteroatoms. The molecule has 0 saturated carbocycles. The van der Waals surface area contributed by atoms with Crippen molar-refractivity contribution >= 4 is 17.5 Å². The molecule has 0 spiro atoms. The maximum absolute atomic E-state index is 12.8. The number of nitro benzene ring substituents is 1. The van der Waals surface area contributed by atoms with Gasteiger partial charge in [0.25, 0.3) is 5.69 Å². The number of amides is 2. The molecule has 2 amide bonds. The number of benzene rings is 2. The number of piperidine rings is 1. The van der Waals surface area contributed by atoms with Crippen LogP contribution < -0.4 is 4.74 Å². The van der Waals surface area contributed by atoms with Gasteiger partial charge in [0.1, 0.15) is 19.0 Å². The summed E-state index contributed by atoms with van der Waals surface area (Å²) >= 11 is 0. The van der Waals surface area contributed by atoms with Gasteiger partial charge in [0.05, 0.1) is 17.0 Å². The Labute approximate surface area is 172 Å². The minimum atomic E-state index is -0.558. The molecule has 30 heavy (non-hydrogen) atoms. The predicted molar refractivity (Wildman–Crippen MR) is 106 cm³/mol. The molecular formula is C21H21N3O6. The monoisotopic (exact) mass is 411 g/mol. The first-order chi connectivity index (χ1) is 14.5. The molecule has 0 aromatic heterocycles. The first-order valence-corrected chi connectivity index (χ1v) is 9.69. The van der Waals surface area contributed by atoms with E-state index in [2.05, 4.69) is 0 Å². The summed E-state index contributed by atoms with van der Waals surface area (Å²) in [5.74, 6) is 0.160. The maximum Gasteiger partial charge on any atom is 0.344 e. The lowest BCUT2D eigenvalue weighted by Crippen LogP contribution is -2.46. The second kappa shape index (κ2) is 8.50. The van der Waals surface area contributed by atoms with E-state index in [1.54, 1.807) is 4.90 Å². The molecule has 2 atom stereocenters. The summed E-state index contributed by atoms with van der Waals surface area (Å²) in [5.41, 5.74) is 0.913. The molecular weight excluding hydrogens is 390 g/mol. The zero-order valence-electron chi connectivity index (χ0n) is 16.2. The first-order valence-electron chi connectivity index (χ1n) is 9.69. The lowest BCUT2D eigenvalue weighted by Gasteiger charge is -2.29. The van der Waals surface area contributed by atoms with Crippen LogP contribution in [-0.2, 0) is 16.2 Å². The van der Waals surface area contributed by atoms with E-state index in [0.717, 1.165) is 5.56 Å². The van der Waals surface area contributed by atoms with Crippen LogP contribution in [0.4, 0.5) is 10.5 Å². The third-order valence-electron chi connectivity index (χ3n) is 5.34. The van der Waals surface area contributed by atoms with E-state index in [4.69, 9.17) is 9.57 Å². The van der Waals surface area contributed by atoms with Gasteiger partial charge < -0.3 is 9.64 Å². The number of Topliss-reactive ketones (excluding diaryl/α,β-unsaturated/α-hetero) is 1. The van der Waals surface area contributed by atoms with Gasteiger partial charge in [-0.1, -0.05) is 30.3 Å². The second-order valence-electron chi connectivity index (χ2n) is 7.27. The molecule has 2 aromatic carbocycles. The zero-order chi connectivity index (χ0) is 21.1. The standard InChI is InChI=1S/C21H21N3O6/c25-20(14-29-18-9-6-16(7-10-18)24(27)28)19-11-8-17-12-22(19)21(26)23(17)30-13-15-4-2-1-3-5-15/h1-7,9-10,17,19H,8,11-14H2/t17-,19+/m1/s1. The average Bonchev–Trinajstić information content (AvgIpc) is 3.01. The number of hydrogen-bond donors (Lipinski definition) is 0. The van der Waals surface area contributed by atoms with Crippen LogP contribution >= 0.6 is 0 Å². The molecule has 2 aliphatic rings. The van der Waals surface area contributed by atoms with Crippen molar-refractivity contribution in [2.45, 2.75) is 31.5 Å². The van der Waals surface area contributed by atoms with Crippen LogP contribution in [0.15, 0.2) is 54.6 Å². The van der Waals surface area contributed by atoms with E-state index in [1.807, 2.05) is 30.3 Å². The van der Waals surface area contributed by atoms with Crippen molar-refractivity contribution in [3.63, 3.8) is 0 Å². The number of urea groups is 1. The minimum Gasteiger partial charge on any atom is -0.486 e. The fourth-order valence-electron chi connectivity index (χ4n) is 3.77. The van der Waals surface area contributed by atoms with Crippen molar-refractivity contribution in [3.05, 3.63) is 70.3 Å². The number of nitrogens with zero attached hydrogens (tertiary/aromatic N) is 3. The smallest absolute Gasteiger partial charge is 0.344 e. The number of carbonyl (C=O) groups excluding carboxylic acids is 2. The molecule has 2 saturated heterocycles. The lowest BCUT2D eigenvalue weighted by atomic mass is 9.98. The zero-order valence-corrected chi connectivity index (χ0v) is 16.2. The molecule has 2 heterocycles. The van der Waals surface area contributed by atoms with Gasteiger partial charge in [0, 0.05) is 18.7 Å². The summed E-state index contributed by atoms with van der Waals surface area (Å²) in [6.07, 6.45) is 1.22. The summed E-state index contributed by atoms with van der Waals surface area (Å²) in [6, 6.07) is 14.2. The van der Waals surface area contributed by atoms with Crippen LogP contribution in [0.25, 0.3) is 0 Å². The number of hydroxylamine groups is 2. The summed E-state index contributed by atoms with van der Waals surface area (Å²) in [5, 5.41) is 12.1. The Bertz CT molecular complexity index is 934. The third kappa shape index (κ3) is 4.11. The van der Waals surface area contributed by atoms with Crippen LogP contribution in [0.5, 0.6) is 5.75 Å². The highest BCUT2D eigenvalue weighted by molar-refractivity contribution is 5.90. The van der Waals surface area contributed by atoms with Gasteiger partial charge in [-0.25, -0.2) is 4.79 Å².